The summed E-state index contributed by atoms with van der Waals surface area (Å²) >= 11 is 0. The topological polar surface area (TPSA) is 64.2 Å². The molecule has 5 nitrogen and oxygen atoms in total. The van der Waals surface area contributed by atoms with Gasteiger partial charge in [-0.2, -0.15) is 5.10 Å². The van der Waals surface area contributed by atoms with Crippen molar-refractivity contribution in [1.29, 1.82) is 0 Å². The fourth-order valence-electron chi connectivity index (χ4n) is 1.79. The van der Waals surface area contributed by atoms with Gasteiger partial charge in [0, 0.05) is 31.9 Å². The third-order valence-electron chi connectivity index (χ3n) is 3.07. The molecule has 1 heterocycles. The standard InChI is InChI=1S/C12H22N4O/c1-5-6-9(2)16(4)12(17)11(13)10-7-14-15(3)8-10/h7-9,11H,5-6,13H2,1-4H3. The van der Waals surface area contributed by atoms with Crippen molar-refractivity contribution in [3.8, 4) is 0 Å². The first-order valence-corrected chi connectivity index (χ1v) is 5.98. The minimum atomic E-state index is -0.618. The number of nitrogens with two attached hydrogens (primary N) is 1. The van der Waals surface area contributed by atoms with Crippen molar-refractivity contribution >= 4 is 5.91 Å². The van der Waals surface area contributed by atoms with Crippen molar-refractivity contribution in [3.63, 3.8) is 0 Å². The van der Waals surface area contributed by atoms with Crippen molar-refractivity contribution in [2.45, 2.75) is 38.8 Å². The summed E-state index contributed by atoms with van der Waals surface area (Å²) in [5.41, 5.74) is 6.70. The van der Waals surface area contributed by atoms with Crippen LogP contribution in [-0.2, 0) is 11.8 Å². The van der Waals surface area contributed by atoms with Crippen molar-refractivity contribution in [3.05, 3.63) is 18.0 Å². The van der Waals surface area contributed by atoms with Gasteiger partial charge in [0.1, 0.15) is 6.04 Å². The van der Waals surface area contributed by atoms with Crippen LogP contribution in [0.2, 0.25) is 0 Å². The van der Waals surface area contributed by atoms with Gasteiger partial charge in [0.25, 0.3) is 0 Å². The molecule has 2 N–H and O–H groups in total. The molecule has 0 saturated heterocycles. The lowest BCUT2D eigenvalue weighted by atomic mass is 10.1. The number of carbonyl (C=O) groups is 1. The highest BCUT2D eigenvalue weighted by Crippen LogP contribution is 2.14. The number of carbonyl (C=O) groups excluding carboxylic acids is 1. The van der Waals surface area contributed by atoms with E-state index in [9.17, 15) is 4.79 Å². The van der Waals surface area contributed by atoms with Crippen molar-refractivity contribution < 1.29 is 4.79 Å². The van der Waals surface area contributed by atoms with E-state index in [0.29, 0.717) is 0 Å². The van der Waals surface area contributed by atoms with Crippen LogP contribution in [0.3, 0.4) is 0 Å². The molecule has 0 fully saturated rings. The molecule has 0 spiro atoms. The van der Waals surface area contributed by atoms with E-state index in [2.05, 4.69) is 12.0 Å². The van der Waals surface area contributed by atoms with Gasteiger partial charge < -0.3 is 10.6 Å². The van der Waals surface area contributed by atoms with Crippen LogP contribution in [-0.4, -0.2) is 33.7 Å². The molecule has 0 aromatic carbocycles. The quantitative estimate of drug-likeness (QED) is 0.834. The van der Waals surface area contributed by atoms with E-state index in [0.717, 1.165) is 18.4 Å². The van der Waals surface area contributed by atoms with Gasteiger partial charge in [-0.25, -0.2) is 0 Å². The summed E-state index contributed by atoms with van der Waals surface area (Å²) in [6.07, 6.45) is 5.46. The van der Waals surface area contributed by atoms with E-state index >= 15 is 0 Å². The van der Waals surface area contributed by atoms with Crippen LogP contribution in [0.4, 0.5) is 0 Å². The zero-order valence-corrected chi connectivity index (χ0v) is 11.1. The molecule has 0 bridgehead atoms. The van der Waals surface area contributed by atoms with Gasteiger partial charge in [-0.3, -0.25) is 9.48 Å². The summed E-state index contributed by atoms with van der Waals surface area (Å²) in [5, 5.41) is 4.03. The maximum absolute atomic E-state index is 12.1. The Morgan fingerprint density at radius 3 is 2.76 bits per heavy atom. The zero-order valence-electron chi connectivity index (χ0n) is 11.1. The number of hydrogen-bond acceptors (Lipinski definition) is 3. The Hall–Kier alpha value is -1.36. The zero-order chi connectivity index (χ0) is 13.0. The molecule has 1 rings (SSSR count). The number of amides is 1. The third-order valence-corrected chi connectivity index (χ3v) is 3.07. The smallest absolute Gasteiger partial charge is 0.244 e. The summed E-state index contributed by atoms with van der Waals surface area (Å²) in [5.74, 6) is -0.0565. The molecule has 0 radical (unpaired) electrons. The number of nitrogens with zero attached hydrogens (tertiary/aromatic N) is 3. The van der Waals surface area contributed by atoms with Crippen LogP contribution >= 0.6 is 0 Å². The van der Waals surface area contributed by atoms with E-state index in [1.807, 2.05) is 14.0 Å². The Bertz CT molecular complexity index is 374. The fraction of sp³-hybridized carbons (Fsp3) is 0.667. The normalized spacial score (nSPS) is 14.4. The van der Waals surface area contributed by atoms with E-state index in [-0.39, 0.29) is 11.9 Å². The SMILES string of the molecule is CCCC(C)N(C)C(=O)C(N)c1cnn(C)c1. The lowest BCUT2D eigenvalue weighted by molar-refractivity contribution is -0.133. The predicted molar refractivity (Wildman–Crippen MR) is 67.3 cm³/mol. The molecule has 0 aliphatic rings. The van der Waals surface area contributed by atoms with Crippen LogP contribution in [0.15, 0.2) is 12.4 Å². The first-order chi connectivity index (χ1) is 7.97. The molecule has 17 heavy (non-hydrogen) atoms. The van der Waals surface area contributed by atoms with Crippen molar-refractivity contribution in [2.24, 2.45) is 12.8 Å². The van der Waals surface area contributed by atoms with Crippen LogP contribution in [0.1, 0.15) is 38.3 Å². The molecule has 5 heteroatoms. The second-order valence-corrected chi connectivity index (χ2v) is 4.51. The number of rotatable bonds is 5. The average molecular weight is 238 g/mol. The lowest BCUT2D eigenvalue weighted by Crippen LogP contribution is -2.40. The van der Waals surface area contributed by atoms with Gasteiger partial charge in [-0.05, 0) is 13.3 Å². The third kappa shape index (κ3) is 3.30. The Morgan fingerprint density at radius 1 is 1.65 bits per heavy atom. The van der Waals surface area contributed by atoms with Crippen LogP contribution in [0.5, 0.6) is 0 Å². The first-order valence-electron chi connectivity index (χ1n) is 5.98. The van der Waals surface area contributed by atoms with E-state index in [4.69, 9.17) is 5.73 Å². The molecule has 1 amide bonds. The minimum Gasteiger partial charge on any atom is -0.341 e. The van der Waals surface area contributed by atoms with Crippen LogP contribution in [0, 0.1) is 0 Å². The molecule has 2 unspecified atom stereocenters. The first kappa shape index (κ1) is 13.7. The number of aromatic nitrogens is 2. The predicted octanol–water partition coefficient (Wildman–Crippen LogP) is 1.07. The Kier molecular flexibility index (Phi) is 4.69. The van der Waals surface area contributed by atoms with Crippen molar-refractivity contribution in [1.82, 2.24) is 14.7 Å². The second-order valence-electron chi connectivity index (χ2n) is 4.51. The van der Waals surface area contributed by atoms with Gasteiger partial charge in [0.15, 0.2) is 0 Å². The Balaban J connectivity index is 2.69. The molecular weight excluding hydrogens is 216 g/mol. The number of hydrogen-bond donors (Lipinski definition) is 1. The van der Waals surface area contributed by atoms with Gasteiger partial charge in [0.05, 0.1) is 6.20 Å². The highest BCUT2D eigenvalue weighted by Gasteiger charge is 2.23. The Labute approximate surface area is 103 Å². The molecule has 96 valence electrons. The van der Waals surface area contributed by atoms with Gasteiger partial charge >= 0.3 is 0 Å². The fourth-order valence-corrected chi connectivity index (χ4v) is 1.79. The van der Waals surface area contributed by atoms with Crippen molar-refractivity contribution in [2.75, 3.05) is 7.05 Å². The Morgan fingerprint density at radius 2 is 2.29 bits per heavy atom. The molecule has 1 aromatic rings. The lowest BCUT2D eigenvalue weighted by Gasteiger charge is -2.27. The monoisotopic (exact) mass is 238 g/mol. The largest absolute Gasteiger partial charge is 0.341 e. The number of likely N-dealkylation sites (N-methyl/N-ethyl adjacent to an activating group) is 1. The van der Waals surface area contributed by atoms with Gasteiger partial charge in [-0.15, -0.1) is 0 Å². The summed E-state index contributed by atoms with van der Waals surface area (Å²) in [7, 11) is 3.61. The molecule has 0 aliphatic heterocycles. The molecule has 0 saturated carbocycles. The van der Waals surface area contributed by atoms with E-state index in [1.165, 1.54) is 0 Å². The van der Waals surface area contributed by atoms with E-state index < -0.39 is 6.04 Å². The summed E-state index contributed by atoms with van der Waals surface area (Å²) in [6, 6.07) is -0.400. The molecular formula is C12H22N4O. The van der Waals surface area contributed by atoms with Crippen LogP contribution < -0.4 is 5.73 Å². The summed E-state index contributed by atoms with van der Waals surface area (Å²) in [4.78, 5) is 13.9. The van der Waals surface area contributed by atoms with Crippen LogP contribution in [0.25, 0.3) is 0 Å². The second kappa shape index (κ2) is 5.82. The van der Waals surface area contributed by atoms with Gasteiger partial charge in [-0.1, -0.05) is 13.3 Å². The summed E-state index contributed by atoms with van der Waals surface area (Å²) < 4.78 is 1.65. The average Bonchev–Trinajstić information content (AvgIpc) is 2.73. The number of aryl methyl sites for hydroxylation is 1. The highest BCUT2D eigenvalue weighted by atomic mass is 16.2. The molecule has 0 aliphatic carbocycles. The minimum absolute atomic E-state index is 0.0565. The maximum Gasteiger partial charge on any atom is 0.244 e. The molecule has 1 aromatic heterocycles. The van der Waals surface area contributed by atoms with Gasteiger partial charge in [0.2, 0.25) is 5.91 Å². The van der Waals surface area contributed by atoms with E-state index in [1.54, 1.807) is 29.0 Å². The maximum atomic E-state index is 12.1. The summed E-state index contributed by atoms with van der Waals surface area (Å²) in [6.45, 7) is 4.15. The molecule has 2 atom stereocenters. The highest BCUT2D eigenvalue weighted by molar-refractivity contribution is 5.82.